The number of aliphatic hydroxyl groups excluding tert-OH is 2. The van der Waals surface area contributed by atoms with Gasteiger partial charge in [0.15, 0.2) is 0 Å². The zero-order chi connectivity index (χ0) is 14.5. The van der Waals surface area contributed by atoms with Crippen LogP contribution in [-0.2, 0) is 0 Å². The molecule has 0 aromatic carbocycles. The number of hydrogen-bond donors (Lipinski definition) is 3. The van der Waals surface area contributed by atoms with Gasteiger partial charge >= 0.3 is 0 Å². The Hall–Kier alpha value is -0.680. The molecule has 0 amide bonds. The van der Waals surface area contributed by atoms with Crippen molar-refractivity contribution in [3.05, 3.63) is 23.4 Å². The van der Waals surface area contributed by atoms with E-state index in [0.29, 0.717) is 6.42 Å². The monoisotopic (exact) mass is 298 g/mol. The van der Waals surface area contributed by atoms with Gasteiger partial charge in [0.2, 0.25) is 0 Å². The number of aliphatic hydroxyl groups is 2. The van der Waals surface area contributed by atoms with Crippen LogP contribution in [-0.4, -0.2) is 47.1 Å². The van der Waals surface area contributed by atoms with E-state index < -0.39 is 6.10 Å². The van der Waals surface area contributed by atoms with E-state index in [4.69, 9.17) is 16.7 Å². The molecule has 2 unspecified atom stereocenters. The Balaban J connectivity index is 2.07. The summed E-state index contributed by atoms with van der Waals surface area (Å²) in [5, 5.41) is 21.5. The van der Waals surface area contributed by atoms with E-state index in [-0.39, 0.29) is 17.9 Å². The van der Waals surface area contributed by atoms with E-state index in [1.807, 2.05) is 6.20 Å². The van der Waals surface area contributed by atoms with Crippen molar-refractivity contribution in [3.63, 3.8) is 0 Å². The first kappa shape index (κ1) is 15.7. The summed E-state index contributed by atoms with van der Waals surface area (Å²) in [6.45, 7) is 3.76. The maximum atomic E-state index is 9.43. The number of alkyl halides is 1. The highest BCUT2D eigenvalue weighted by atomic mass is 35.5. The fourth-order valence-corrected chi connectivity index (χ4v) is 2.96. The van der Waals surface area contributed by atoms with Crippen LogP contribution in [0.2, 0.25) is 0 Å². The van der Waals surface area contributed by atoms with E-state index in [0.717, 1.165) is 37.2 Å². The van der Waals surface area contributed by atoms with Gasteiger partial charge in [-0.3, -0.25) is 4.99 Å². The van der Waals surface area contributed by atoms with Crippen molar-refractivity contribution in [2.24, 2.45) is 10.9 Å². The van der Waals surface area contributed by atoms with Crippen LogP contribution >= 0.6 is 11.6 Å². The summed E-state index contributed by atoms with van der Waals surface area (Å²) in [6, 6.07) is 0. The first-order valence-electron chi connectivity index (χ1n) is 7.23. The molecule has 0 saturated heterocycles. The van der Waals surface area contributed by atoms with Crippen LogP contribution < -0.4 is 5.32 Å². The number of nitrogens with one attached hydrogen (secondary N) is 1. The molecular formula is C15H23ClN2O2. The van der Waals surface area contributed by atoms with Crippen molar-refractivity contribution in [3.8, 4) is 0 Å². The average molecular weight is 299 g/mol. The number of hydrogen-bond acceptors (Lipinski definition) is 4. The molecule has 0 fully saturated rings. The third kappa shape index (κ3) is 3.70. The largest absolute Gasteiger partial charge is 0.394 e. The van der Waals surface area contributed by atoms with Gasteiger partial charge in [-0.1, -0.05) is 13.0 Å². The van der Waals surface area contributed by atoms with Crippen molar-refractivity contribution in [1.82, 2.24) is 5.32 Å². The molecule has 3 atom stereocenters. The first-order chi connectivity index (χ1) is 9.63. The second kappa shape index (κ2) is 7.36. The molecule has 3 N–H and O–H groups in total. The maximum absolute atomic E-state index is 9.43. The summed E-state index contributed by atoms with van der Waals surface area (Å²) in [7, 11) is 0. The highest BCUT2D eigenvalue weighted by molar-refractivity contribution is 6.35. The average Bonchev–Trinajstić information content (AvgIpc) is 2.49. The van der Waals surface area contributed by atoms with Gasteiger partial charge in [-0.2, -0.15) is 0 Å². The third-order valence-electron chi connectivity index (χ3n) is 4.02. The molecule has 0 aliphatic carbocycles. The minimum absolute atomic E-state index is 0.106. The molecule has 2 aliphatic rings. The normalized spacial score (nSPS) is 28.5. The van der Waals surface area contributed by atoms with Crippen molar-refractivity contribution < 1.29 is 10.2 Å². The van der Waals surface area contributed by atoms with E-state index >= 15 is 0 Å². The van der Waals surface area contributed by atoms with Crippen LogP contribution in [0.1, 0.15) is 26.2 Å². The van der Waals surface area contributed by atoms with Gasteiger partial charge in [0.1, 0.15) is 0 Å². The summed E-state index contributed by atoms with van der Waals surface area (Å²) in [5.41, 5.74) is 3.39. The minimum Gasteiger partial charge on any atom is -0.394 e. The third-order valence-corrected chi connectivity index (χ3v) is 4.61. The van der Waals surface area contributed by atoms with Gasteiger partial charge in [0.05, 0.1) is 23.8 Å². The number of nitrogens with zero attached hydrogens (tertiary/aromatic N) is 1. The van der Waals surface area contributed by atoms with E-state index in [9.17, 15) is 5.11 Å². The van der Waals surface area contributed by atoms with Crippen molar-refractivity contribution >= 4 is 17.3 Å². The standard InChI is InChI=1S/C15H23ClN2O2/c1-10-12(2-3-13(20)9-19)8-18-15(14(10)16)11-4-6-17-7-5-11/h4,8,10,13-14,17,19-20H,2-3,5-7,9H2,1H3/t10?,13-,14?/m0/s1. The Morgan fingerprint density at radius 1 is 1.55 bits per heavy atom. The Kier molecular flexibility index (Phi) is 5.78. The van der Waals surface area contributed by atoms with E-state index in [1.165, 1.54) is 5.57 Å². The second-order valence-electron chi connectivity index (χ2n) is 5.47. The summed E-state index contributed by atoms with van der Waals surface area (Å²) in [6.07, 6.45) is 5.65. The summed E-state index contributed by atoms with van der Waals surface area (Å²) < 4.78 is 0. The Morgan fingerprint density at radius 2 is 2.35 bits per heavy atom. The molecule has 5 heteroatoms. The Labute approximate surface area is 125 Å². The van der Waals surface area contributed by atoms with Crippen LogP contribution in [0.4, 0.5) is 0 Å². The highest BCUT2D eigenvalue weighted by Crippen LogP contribution is 2.31. The molecule has 2 aliphatic heterocycles. The van der Waals surface area contributed by atoms with Crippen LogP contribution in [0.3, 0.4) is 0 Å². The summed E-state index contributed by atoms with van der Waals surface area (Å²) in [4.78, 5) is 4.55. The predicted molar refractivity (Wildman–Crippen MR) is 82.2 cm³/mol. The SMILES string of the molecule is CC1C(CC[C@H](O)CO)=CN=C(C2=CCNCC2)C1Cl. The molecule has 20 heavy (non-hydrogen) atoms. The van der Waals surface area contributed by atoms with Gasteiger partial charge in [0.25, 0.3) is 0 Å². The fourth-order valence-electron chi connectivity index (χ4n) is 2.60. The molecule has 2 heterocycles. The molecule has 0 aromatic rings. The van der Waals surface area contributed by atoms with Crippen LogP contribution in [0, 0.1) is 5.92 Å². The first-order valence-corrected chi connectivity index (χ1v) is 7.67. The molecule has 0 bridgehead atoms. The lowest BCUT2D eigenvalue weighted by molar-refractivity contribution is 0.0881. The number of aliphatic imine (C=N–C) groups is 1. The van der Waals surface area contributed by atoms with Crippen molar-refractivity contribution in [2.45, 2.75) is 37.7 Å². The van der Waals surface area contributed by atoms with Crippen LogP contribution in [0.5, 0.6) is 0 Å². The topological polar surface area (TPSA) is 64.8 Å². The van der Waals surface area contributed by atoms with Crippen LogP contribution in [0.15, 0.2) is 28.4 Å². The molecule has 0 radical (unpaired) electrons. The Morgan fingerprint density at radius 3 is 3.00 bits per heavy atom. The summed E-state index contributed by atoms with van der Waals surface area (Å²) in [5.74, 6) is 0.214. The highest BCUT2D eigenvalue weighted by Gasteiger charge is 2.29. The molecule has 0 aromatic heterocycles. The van der Waals surface area contributed by atoms with Crippen molar-refractivity contribution in [1.29, 1.82) is 0 Å². The Bertz CT molecular complexity index is 432. The maximum Gasteiger partial charge on any atom is 0.0823 e. The zero-order valence-electron chi connectivity index (χ0n) is 11.8. The molecule has 0 spiro atoms. The number of allylic oxidation sites excluding steroid dienone is 1. The number of halogens is 1. The van der Waals surface area contributed by atoms with Gasteiger partial charge in [-0.15, -0.1) is 11.6 Å². The van der Waals surface area contributed by atoms with E-state index in [2.05, 4.69) is 23.3 Å². The number of rotatable bonds is 5. The smallest absolute Gasteiger partial charge is 0.0823 e. The predicted octanol–water partition coefficient (Wildman–Crippen LogP) is 1.62. The minimum atomic E-state index is -0.658. The summed E-state index contributed by atoms with van der Waals surface area (Å²) >= 11 is 6.57. The molecule has 0 saturated carbocycles. The molecule has 2 rings (SSSR count). The molecule has 4 nitrogen and oxygen atoms in total. The fraction of sp³-hybridized carbons (Fsp3) is 0.667. The lowest BCUT2D eigenvalue weighted by Crippen LogP contribution is -2.32. The van der Waals surface area contributed by atoms with E-state index in [1.54, 1.807) is 0 Å². The quantitative estimate of drug-likeness (QED) is 0.676. The molecular weight excluding hydrogens is 276 g/mol. The lowest BCUT2D eigenvalue weighted by Gasteiger charge is -2.28. The second-order valence-corrected chi connectivity index (χ2v) is 5.94. The van der Waals surface area contributed by atoms with Gasteiger partial charge in [-0.25, -0.2) is 0 Å². The van der Waals surface area contributed by atoms with Gasteiger partial charge < -0.3 is 15.5 Å². The lowest BCUT2D eigenvalue weighted by atomic mass is 9.86. The van der Waals surface area contributed by atoms with Crippen LogP contribution in [0.25, 0.3) is 0 Å². The van der Waals surface area contributed by atoms with Gasteiger partial charge in [0, 0.05) is 18.7 Å². The zero-order valence-corrected chi connectivity index (χ0v) is 12.6. The molecule has 112 valence electrons. The van der Waals surface area contributed by atoms with Gasteiger partial charge in [-0.05, 0) is 37.0 Å². The van der Waals surface area contributed by atoms with Crippen molar-refractivity contribution in [2.75, 3.05) is 19.7 Å².